The lowest BCUT2D eigenvalue weighted by Gasteiger charge is -2.36. The van der Waals surface area contributed by atoms with Crippen molar-refractivity contribution in [3.63, 3.8) is 0 Å². The number of carbonyl (C=O) groups excluding carboxylic acids is 4. The maximum absolute atomic E-state index is 14.0. The standard InChI is InChI=1S/C41H58N6O6/c1-27(48)43-35(40(5,6)7)37(51)46-47(25-29-19-21-30(22-20-29)31-18-14-15-23-42-31)26-33(49)32(24-28-16-12-11-13-17-28)44-36(50)34(39(2,3)4)45-38(52)53-41(8,9)10/h11-23,32-35,49H,24-26H2,1-10H3,(H,43,48)(H,44,50)(H,45,52)(H,46,51)/t32-,33-,34+,35+/m0/s1. The molecule has 0 aliphatic carbocycles. The van der Waals surface area contributed by atoms with Crippen molar-refractivity contribution < 1.29 is 29.0 Å². The summed E-state index contributed by atoms with van der Waals surface area (Å²) in [6.45, 7) is 17.7. The number of rotatable bonds is 14. The second-order valence-corrected chi connectivity index (χ2v) is 16.6. The van der Waals surface area contributed by atoms with E-state index in [1.807, 2.05) is 114 Å². The molecule has 4 atom stereocenters. The van der Waals surface area contributed by atoms with Crippen molar-refractivity contribution in [1.29, 1.82) is 0 Å². The van der Waals surface area contributed by atoms with Crippen molar-refractivity contribution in [1.82, 2.24) is 31.4 Å². The number of nitrogens with one attached hydrogen (secondary N) is 4. The molecule has 12 nitrogen and oxygen atoms in total. The van der Waals surface area contributed by atoms with Gasteiger partial charge in [0.25, 0.3) is 5.91 Å². The van der Waals surface area contributed by atoms with E-state index in [-0.39, 0.29) is 25.4 Å². The lowest BCUT2D eigenvalue weighted by Crippen LogP contribution is -2.61. The van der Waals surface area contributed by atoms with Gasteiger partial charge in [0.2, 0.25) is 11.8 Å². The number of pyridine rings is 1. The molecule has 0 aliphatic rings. The number of amides is 4. The average Bonchev–Trinajstić information content (AvgIpc) is 3.05. The number of aliphatic hydroxyl groups is 1. The molecule has 0 spiro atoms. The highest BCUT2D eigenvalue weighted by Crippen LogP contribution is 2.23. The maximum atomic E-state index is 14.0. The van der Waals surface area contributed by atoms with Gasteiger partial charge >= 0.3 is 6.09 Å². The largest absolute Gasteiger partial charge is 0.444 e. The van der Waals surface area contributed by atoms with E-state index in [2.05, 4.69) is 26.4 Å². The molecular weight excluding hydrogens is 672 g/mol. The summed E-state index contributed by atoms with van der Waals surface area (Å²) in [6, 6.07) is 20.1. The van der Waals surface area contributed by atoms with E-state index >= 15 is 0 Å². The Morgan fingerprint density at radius 1 is 0.736 bits per heavy atom. The van der Waals surface area contributed by atoms with Gasteiger partial charge in [-0.05, 0) is 61.3 Å². The summed E-state index contributed by atoms with van der Waals surface area (Å²) in [7, 11) is 0. The molecule has 1 aromatic heterocycles. The quantitative estimate of drug-likeness (QED) is 0.142. The number of carbonyl (C=O) groups is 4. The van der Waals surface area contributed by atoms with Gasteiger partial charge in [0.15, 0.2) is 0 Å². The van der Waals surface area contributed by atoms with E-state index in [1.165, 1.54) is 6.92 Å². The Kier molecular flexibility index (Phi) is 14.7. The van der Waals surface area contributed by atoms with Crippen molar-refractivity contribution in [3.05, 3.63) is 90.1 Å². The normalized spacial score (nSPS) is 14.3. The predicted molar refractivity (Wildman–Crippen MR) is 206 cm³/mol. The smallest absolute Gasteiger partial charge is 0.408 e. The number of ether oxygens (including phenoxy) is 1. The maximum Gasteiger partial charge on any atom is 0.408 e. The van der Waals surface area contributed by atoms with Gasteiger partial charge in [0.1, 0.15) is 17.7 Å². The highest BCUT2D eigenvalue weighted by Gasteiger charge is 2.37. The summed E-state index contributed by atoms with van der Waals surface area (Å²) in [5.41, 5.74) is 4.27. The van der Waals surface area contributed by atoms with Gasteiger partial charge in [-0.2, -0.15) is 0 Å². The number of nitrogens with zero attached hydrogens (tertiary/aromatic N) is 2. The van der Waals surface area contributed by atoms with Crippen molar-refractivity contribution in [2.75, 3.05) is 6.54 Å². The molecule has 0 saturated carbocycles. The zero-order chi connectivity index (χ0) is 39.6. The Morgan fingerprint density at radius 3 is 1.85 bits per heavy atom. The lowest BCUT2D eigenvalue weighted by atomic mass is 9.85. The molecule has 3 rings (SSSR count). The van der Waals surface area contributed by atoms with E-state index in [9.17, 15) is 24.3 Å². The molecule has 0 radical (unpaired) electrons. The van der Waals surface area contributed by atoms with Crippen LogP contribution in [0, 0.1) is 10.8 Å². The summed E-state index contributed by atoms with van der Waals surface area (Å²) < 4.78 is 5.45. The van der Waals surface area contributed by atoms with Gasteiger partial charge in [-0.3, -0.25) is 24.8 Å². The van der Waals surface area contributed by atoms with Crippen molar-refractivity contribution in [3.8, 4) is 11.3 Å². The molecule has 53 heavy (non-hydrogen) atoms. The lowest BCUT2D eigenvalue weighted by molar-refractivity contribution is -0.135. The highest BCUT2D eigenvalue weighted by atomic mass is 16.6. The highest BCUT2D eigenvalue weighted by molar-refractivity contribution is 5.87. The molecule has 0 saturated heterocycles. The fourth-order valence-electron chi connectivity index (χ4n) is 5.65. The van der Waals surface area contributed by atoms with Crippen molar-refractivity contribution >= 4 is 23.8 Å². The summed E-state index contributed by atoms with van der Waals surface area (Å²) in [4.78, 5) is 57.1. The topological polar surface area (TPSA) is 162 Å². The minimum atomic E-state index is -1.21. The number of hydrazine groups is 1. The van der Waals surface area contributed by atoms with E-state index < -0.39 is 58.6 Å². The molecule has 1 heterocycles. The Bertz CT molecular complexity index is 1650. The fourth-order valence-corrected chi connectivity index (χ4v) is 5.65. The van der Waals surface area contributed by atoms with Crippen molar-refractivity contribution in [2.24, 2.45) is 10.8 Å². The van der Waals surface area contributed by atoms with Gasteiger partial charge in [0.05, 0.1) is 17.8 Å². The van der Waals surface area contributed by atoms with Crippen LogP contribution in [0.15, 0.2) is 79.0 Å². The van der Waals surface area contributed by atoms with Crippen LogP contribution in [0.2, 0.25) is 0 Å². The van der Waals surface area contributed by atoms with Gasteiger partial charge in [-0.1, -0.05) is 102 Å². The third-order valence-corrected chi connectivity index (χ3v) is 8.32. The third-order valence-electron chi connectivity index (χ3n) is 8.32. The van der Waals surface area contributed by atoms with Gasteiger partial charge < -0.3 is 25.8 Å². The minimum absolute atomic E-state index is 0.0951. The number of benzene rings is 2. The molecule has 3 aromatic rings. The fraction of sp³-hybridized carbons (Fsp3) is 0.488. The monoisotopic (exact) mass is 730 g/mol. The van der Waals surface area contributed by atoms with E-state index in [0.717, 1.165) is 22.4 Å². The van der Waals surface area contributed by atoms with Crippen LogP contribution in [0.5, 0.6) is 0 Å². The first-order valence-electron chi connectivity index (χ1n) is 18.0. The number of aliphatic hydroxyl groups excluding tert-OH is 1. The molecule has 5 N–H and O–H groups in total. The number of aromatic nitrogens is 1. The average molecular weight is 731 g/mol. The van der Waals surface area contributed by atoms with Crippen LogP contribution in [-0.4, -0.2) is 75.3 Å². The third kappa shape index (κ3) is 14.3. The Hall–Kier alpha value is -4.81. The van der Waals surface area contributed by atoms with Crippen LogP contribution in [0.4, 0.5) is 4.79 Å². The van der Waals surface area contributed by atoms with Crippen LogP contribution in [0.3, 0.4) is 0 Å². The number of hydrogen-bond donors (Lipinski definition) is 5. The molecular formula is C41H58N6O6. The zero-order valence-electron chi connectivity index (χ0n) is 32.8. The molecule has 4 amide bonds. The molecule has 0 unspecified atom stereocenters. The second kappa shape index (κ2) is 18.3. The van der Waals surface area contributed by atoms with Crippen LogP contribution in [-0.2, 0) is 32.1 Å². The molecule has 0 fully saturated rings. The van der Waals surface area contributed by atoms with Crippen LogP contribution in [0.25, 0.3) is 11.3 Å². The minimum Gasteiger partial charge on any atom is -0.444 e. The summed E-state index contributed by atoms with van der Waals surface area (Å²) >= 11 is 0. The molecule has 0 aliphatic heterocycles. The van der Waals surface area contributed by atoms with Gasteiger partial charge in [-0.25, -0.2) is 9.80 Å². The number of hydrogen-bond acceptors (Lipinski definition) is 8. The first-order chi connectivity index (χ1) is 24.6. The predicted octanol–water partition coefficient (Wildman–Crippen LogP) is 5.16. The van der Waals surface area contributed by atoms with E-state index in [1.54, 1.807) is 32.0 Å². The summed E-state index contributed by atoms with van der Waals surface area (Å²) in [6.07, 6.45) is 0.0464. The Labute approximate surface area is 314 Å². The van der Waals surface area contributed by atoms with Crippen LogP contribution < -0.4 is 21.4 Å². The number of alkyl carbamates (subject to hydrolysis) is 1. The Morgan fingerprint density at radius 2 is 1.32 bits per heavy atom. The van der Waals surface area contributed by atoms with E-state index in [0.29, 0.717) is 0 Å². The molecule has 0 bridgehead atoms. The van der Waals surface area contributed by atoms with Crippen LogP contribution in [0.1, 0.15) is 80.4 Å². The molecule has 12 heteroatoms. The van der Waals surface area contributed by atoms with Crippen molar-refractivity contribution in [2.45, 2.75) is 112 Å². The van der Waals surface area contributed by atoms with Gasteiger partial charge in [-0.15, -0.1) is 0 Å². The van der Waals surface area contributed by atoms with Gasteiger partial charge in [0, 0.05) is 31.8 Å². The van der Waals surface area contributed by atoms with E-state index in [4.69, 9.17) is 4.74 Å². The Balaban J connectivity index is 1.95. The SMILES string of the molecule is CC(=O)N[C@H](C(=O)NN(Cc1ccc(-c2ccccn2)cc1)C[C@H](O)[C@H](Cc1ccccc1)NC(=O)[C@@H](NC(=O)OC(C)(C)C)C(C)(C)C)C(C)(C)C. The molecule has 2 aromatic carbocycles. The first kappa shape index (κ1) is 42.6. The summed E-state index contributed by atoms with van der Waals surface area (Å²) in [5.74, 6) is -1.30. The molecule has 288 valence electrons. The zero-order valence-corrected chi connectivity index (χ0v) is 32.8. The second-order valence-electron chi connectivity index (χ2n) is 16.6. The van der Waals surface area contributed by atoms with Crippen LogP contribution >= 0.6 is 0 Å². The first-order valence-corrected chi connectivity index (χ1v) is 18.0. The summed E-state index contributed by atoms with van der Waals surface area (Å²) in [5, 5.41) is 22.0.